The number of carboxylic acid groups (broad SMARTS) is 1. The average Bonchev–Trinajstić information content (AvgIpc) is 3.06. The van der Waals surface area contributed by atoms with Crippen molar-refractivity contribution in [3.8, 4) is 0 Å². The summed E-state index contributed by atoms with van der Waals surface area (Å²) in [6.07, 6.45) is 14.0. The van der Waals surface area contributed by atoms with Crippen LogP contribution in [0.2, 0.25) is 0 Å². The number of aryl methyl sites for hydroxylation is 1. The molecule has 0 heterocycles. The van der Waals surface area contributed by atoms with Gasteiger partial charge in [-0.1, -0.05) is 92.8 Å². The third-order valence-corrected chi connectivity index (χ3v) is 9.76. The van der Waals surface area contributed by atoms with E-state index in [2.05, 4.69) is 66.0 Å². The molecule has 5 N–H and O–H groups in total. The maximum absolute atomic E-state index is 13.2. The van der Waals surface area contributed by atoms with Crippen molar-refractivity contribution in [1.82, 2.24) is 5.32 Å². The predicted octanol–water partition coefficient (Wildman–Crippen LogP) is 9.73. The normalized spacial score (nSPS) is 14.3. The molecule has 292 valence electrons. The molecule has 0 fully saturated rings. The van der Waals surface area contributed by atoms with Crippen LogP contribution in [0, 0.1) is 29.1 Å². The van der Waals surface area contributed by atoms with Gasteiger partial charge in [0.05, 0.1) is 18.1 Å². The lowest BCUT2D eigenvalue weighted by atomic mass is 9.81. The molecule has 8 nitrogen and oxygen atoms in total. The number of benzene rings is 2. The van der Waals surface area contributed by atoms with Gasteiger partial charge in [0.1, 0.15) is 5.60 Å². The highest BCUT2D eigenvalue weighted by atomic mass is 16.6. The number of ether oxygens (including phenoxy) is 2. The predicted molar refractivity (Wildman–Crippen MR) is 213 cm³/mol. The van der Waals surface area contributed by atoms with Crippen molar-refractivity contribution in [3.63, 3.8) is 0 Å². The van der Waals surface area contributed by atoms with Crippen molar-refractivity contribution < 1.29 is 24.2 Å². The van der Waals surface area contributed by atoms with E-state index in [1.807, 2.05) is 41.5 Å². The van der Waals surface area contributed by atoms with E-state index in [0.717, 1.165) is 57.8 Å². The van der Waals surface area contributed by atoms with Gasteiger partial charge in [0.25, 0.3) is 0 Å². The van der Waals surface area contributed by atoms with Crippen LogP contribution in [0.3, 0.4) is 0 Å². The minimum atomic E-state index is -0.785. The highest BCUT2D eigenvalue weighted by Gasteiger charge is 2.28. The van der Waals surface area contributed by atoms with Crippen LogP contribution in [0.4, 0.5) is 0 Å². The first-order valence-corrected chi connectivity index (χ1v) is 19.8. The van der Waals surface area contributed by atoms with E-state index in [1.54, 1.807) is 0 Å². The Morgan fingerprint density at radius 3 is 1.81 bits per heavy atom. The highest BCUT2D eigenvalue weighted by molar-refractivity contribution is 5.74. The first-order chi connectivity index (χ1) is 24.6. The number of carbonyl (C=O) groups excluding carboxylic acids is 1. The van der Waals surface area contributed by atoms with Gasteiger partial charge in [-0.15, -0.1) is 0 Å². The van der Waals surface area contributed by atoms with E-state index >= 15 is 0 Å². The fourth-order valence-corrected chi connectivity index (χ4v) is 6.89. The van der Waals surface area contributed by atoms with Crippen LogP contribution in [0.5, 0.6) is 0 Å². The van der Waals surface area contributed by atoms with E-state index in [0.29, 0.717) is 31.2 Å². The lowest BCUT2D eigenvalue weighted by Gasteiger charge is -2.28. The lowest BCUT2D eigenvalue weighted by Crippen LogP contribution is -2.33. The molecule has 0 aliphatic rings. The second-order valence-corrected chi connectivity index (χ2v) is 16.8. The van der Waals surface area contributed by atoms with Crippen LogP contribution in [-0.4, -0.2) is 47.4 Å². The standard InChI is InChI=1S/C44H71N3O5/c1-43(2,3)51-33-39(41(50)52-44(4,5)6)29-27-36(28-30-40(48)49)24-23-35(22-15-31-47-42(45)46)25-26-38(32-37-19-11-8-12-20-37)21-14-13-18-34-16-9-7-10-17-34/h7-12,16-17,19-20,35-36,38-39H,13-15,18,21-33H2,1-6H3,(H,48,49)(H4,45,46,47)/t35-,36-,38-,39-/m0/s1. The number of unbranched alkanes of at least 4 members (excludes halogenated alkanes) is 1. The molecule has 0 spiro atoms. The van der Waals surface area contributed by atoms with Gasteiger partial charge in [0.15, 0.2) is 5.96 Å². The summed E-state index contributed by atoms with van der Waals surface area (Å²) in [5.74, 6) is -0.179. The van der Waals surface area contributed by atoms with Crippen molar-refractivity contribution in [2.24, 2.45) is 29.4 Å². The van der Waals surface area contributed by atoms with Crippen LogP contribution < -0.4 is 11.1 Å². The largest absolute Gasteiger partial charge is 0.481 e. The third-order valence-electron chi connectivity index (χ3n) is 9.76. The molecule has 4 atom stereocenters. The number of guanidine groups is 1. The topological polar surface area (TPSA) is 135 Å². The number of nitrogens with one attached hydrogen (secondary N) is 2. The summed E-state index contributed by atoms with van der Waals surface area (Å²) >= 11 is 0. The summed E-state index contributed by atoms with van der Waals surface area (Å²) in [5, 5.41) is 20.1. The van der Waals surface area contributed by atoms with Gasteiger partial charge in [0, 0.05) is 13.0 Å². The Hall–Kier alpha value is -3.39. The Balaban J connectivity index is 2.13. The van der Waals surface area contributed by atoms with Gasteiger partial charge < -0.3 is 25.6 Å². The molecule has 0 amide bonds. The van der Waals surface area contributed by atoms with E-state index in [9.17, 15) is 14.7 Å². The van der Waals surface area contributed by atoms with Crippen LogP contribution in [0.25, 0.3) is 0 Å². The van der Waals surface area contributed by atoms with Crippen molar-refractivity contribution in [1.29, 1.82) is 5.41 Å². The number of hydrogen-bond donors (Lipinski definition) is 4. The number of aliphatic carboxylic acids is 1. The Bertz CT molecular complexity index is 1270. The minimum Gasteiger partial charge on any atom is -0.481 e. The highest BCUT2D eigenvalue weighted by Crippen LogP contribution is 2.31. The number of carbonyl (C=O) groups is 2. The zero-order valence-electron chi connectivity index (χ0n) is 33.3. The molecule has 52 heavy (non-hydrogen) atoms. The zero-order chi connectivity index (χ0) is 38.4. The molecule has 0 saturated heterocycles. The summed E-state index contributed by atoms with van der Waals surface area (Å²) in [6.45, 7) is 12.5. The fourth-order valence-electron chi connectivity index (χ4n) is 6.89. The Morgan fingerprint density at radius 2 is 1.25 bits per heavy atom. The molecule has 0 aliphatic carbocycles. The molecule has 0 unspecified atom stereocenters. The third kappa shape index (κ3) is 22.5. The van der Waals surface area contributed by atoms with Gasteiger partial charge in [-0.25, -0.2) is 0 Å². The SMILES string of the molecule is CC(C)(C)OC[C@H](CC[C@@H](CCC(=O)O)CC[C@H](CCCNC(=N)N)CC[C@H](CCCCc1ccccc1)Cc1ccccc1)C(=O)OC(C)(C)C. The van der Waals surface area contributed by atoms with Crippen LogP contribution in [-0.2, 0) is 31.9 Å². The first kappa shape index (κ1) is 44.8. The van der Waals surface area contributed by atoms with Crippen LogP contribution in [0.1, 0.15) is 136 Å². The summed E-state index contributed by atoms with van der Waals surface area (Å²) < 4.78 is 11.8. The number of esters is 1. The Kier molecular flexibility index (Phi) is 20.7. The molecule has 2 aromatic carbocycles. The summed E-state index contributed by atoms with van der Waals surface area (Å²) in [4.78, 5) is 24.9. The monoisotopic (exact) mass is 722 g/mol. The van der Waals surface area contributed by atoms with Crippen LogP contribution >= 0.6 is 0 Å². The molecule has 0 radical (unpaired) electrons. The van der Waals surface area contributed by atoms with E-state index in [4.69, 9.17) is 20.6 Å². The molecule has 2 aromatic rings. The van der Waals surface area contributed by atoms with Gasteiger partial charge >= 0.3 is 11.9 Å². The second-order valence-electron chi connectivity index (χ2n) is 16.8. The maximum Gasteiger partial charge on any atom is 0.311 e. The summed E-state index contributed by atoms with van der Waals surface area (Å²) in [7, 11) is 0. The molecule has 0 bridgehead atoms. The quantitative estimate of drug-likeness (QED) is 0.0329. The Labute approximate surface area is 315 Å². The summed E-state index contributed by atoms with van der Waals surface area (Å²) in [6, 6.07) is 21.6. The van der Waals surface area contributed by atoms with Gasteiger partial charge in [-0.05, 0) is 128 Å². The minimum absolute atomic E-state index is 0.00121. The van der Waals surface area contributed by atoms with Crippen LogP contribution in [0.15, 0.2) is 60.7 Å². The number of rotatable bonds is 26. The zero-order valence-corrected chi connectivity index (χ0v) is 33.3. The van der Waals surface area contributed by atoms with E-state index < -0.39 is 17.5 Å². The number of nitrogens with two attached hydrogens (primary N) is 1. The average molecular weight is 722 g/mol. The van der Waals surface area contributed by atoms with Crippen molar-refractivity contribution in [2.75, 3.05) is 13.2 Å². The molecule has 0 aromatic heterocycles. The first-order valence-electron chi connectivity index (χ1n) is 19.8. The van der Waals surface area contributed by atoms with Gasteiger partial charge in [-0.3, -0.25) is 15.0 Å². The number of hydrogen-bond acceptors (Lipinski definition) is 5. The smallest absolute Gasteiger partial charge is 0.311 e. The van der Waals surface area contributed by atoms with E-state index in [1.165, 1.54) is 30.4 Å². The van der Waals surface area contributed by atoms with Crippen molar-refractivity contribution >= 4 is 17.9 Å². The van der Waals surface area contributed by atoms with Crippen molar-refractivity contribution in [3.05, 3.63) is 71.8 Å². The van der Waals surface area contributed by atoms with Gasteiger partial charge in [0.2, 0.25) is 0 Å². The number of carboxylic acids is 1. The van der Waals surface area contributed by atoms with Crippen molar-refractivity contribution in [2.45, 2.75) is 149 Å². The van der Waals surface area contributed by atoms with Gasteiger partial charge in [-0.2, -0.15) is 0 Å². The molecule has 2 rings (SSSR count). The second kappa shape index (κ2) is 24.0. The maximum atomic E-state index is 13.2. The fraction of sp³-hybridized carbons (Fsp3) is 0.659. The molecular weight excluding hydrogens is 651 g/mol. The lowest BCUT2D eigenvalue weighted by molar-refractivity contribution is -0.164. The molecule has 8 heteroatoms. The summed E-state index contributed by atoms with van der Waals surface area (Å²) in [5.41, 5.74) is 7.39. The molecule has 0 saturated carbocycles. The Morgan fingerprint density at radius 1 is 0.712 bits per heavy atom. The van der Waals surface area contributed by atoms with E-state index in [-0.39, 0.29) is 36.5 Å². The molecule has 0 aliphatic heterocycles. The molecular formula is C44H71N3O5.